The molecule has 0 bridgehead atoms. The number of imidazole rings is 1. The fraction of sp³-hybridized carbons (Fsp3) is 0.500. The number of nitrogens with zero attached hydrogens (tertiary/aromatic N) is 5. The smallest absolute Gasteiger partial charge is 0.306 e. The number of hydrogen-bond donors (Lipinski definition) is 1. The van der Waals surface area contributed by atoms with Crippen LogP contribution in [0.4, 0.5) is 0 Å². The van der Waals surface area contributed by atoms with Gasteiger partial charge in [0.1, 0.15) is 6.33 Å². The molecule has 7 nitrogen and oxygen atoms in total. The molecule has 5 rings (SSSR count). The first-order valence-electron chi connectivity index (χ1n) is 12.2. The summed E-state index contributed by atoms with van der Waals surface area (Å²) in [4.78, 5) is 23.2. The molecule has 1 unspecified atom stereocenters. The van der Waals surface area contributed by atoms with Crippen LogP contribution in [-0.2, 0) is 0 Å². The van der Waals surface area contributed by atoms with Crippen LogP contribution >= 0.6 is 0 Å². The molecule has 0 radical (unpaired) electrons. The van der Waals surface area contributed by atoms with Gasteiger partial charge in [0.05, 0.1) is 17.1 Å². The van der Waals surface area contributed by atoms with Crippen LogP contribution in [0.5, 0.6) is 0 Å². The molecule has 0 amide bonds. The van der Waals surface area contributed by atoms with Crippen molar-refractivity contribution in [1.82, 2.24) is 29.0 Å². The van der Waals surface area contributed by atoms with Crippen molar-refractivity contribution in [2.75, 3.05) is 19.6 Å². The van der Waals surface area contributed by atoms with Gasteiger partial charge in [-0.2, -0.15) is 5.10 Å². The first-order chi connectivity index (χ1) is 15.9. The van der Waals surface area contributed by atoms with Crippen molar-refractivity contribution < 1.29 is 0 Å². The monoisotopic (exact) mass is 446 g/mol. The van der Waals surface area contributed by atoms with Gasteiger partial charge in [-0.15, -0.1) is 0 Å². The topological polar surface area (TPSA) is 71.2 Å². The number of likely N-dealkylation sites (tertiary alicyclic amines) is 1. The molecule has 1 N–H and O–H groups in total. The summed E-state index contributed by atoms with van der Waals surface area (Å²) in [6, 6.07) is 4.62. The number of nitrogens with one attached hydrogen (secondary N) is 1. The van der Waals surface area contributed by atoms with E-state index in [-0.39, 0.29) is 11.7 Å². The maximum atomic E-state index is 13.2. The molecule has 1 aliphatic rings. The Morgan fingerprint density at radius 1 is 1.18 bits per heavy atom. The van der Waals surface area contributed by atoms with E-state index in [1.165, 1.54) is 11.1 Å². The van der Waals surface area contributed by atoms with Gasteiger partial charge in [-0.3, -0.25) is 4.57 Å². The molecule has 174 valence electrons. The maximum absolute atomic E-state index is 13.2. The third-order valence-electron chi connectivity index (χ3n) is 7.31. The molecular weight excluding hydrogens is 412 g/mol. The summed E-state index contributed by atoms with van der Waals surface area (Å²) in [7, 11) is 0. The molecule has 1 atom stereocenters. The second kappa shape index (κ2) is 8.45. The number of fused-ring (bicyclic) bond motifs is 2. The summed E-state index contributed by atoms with van der Waals surface area (Å²) in [5, 5.41) is 4.38. The third-order valence-corrected chi connectivity index (χ3v) is 7.31. The molecule has 3 aromatic heterocycles. The standard InChI is InChI=1S/C26H34N6O/c1-6-9-30-10-7-8-19(13-30)32-24-12-20(16(2)3)21(11-23(24)29-26(32)33)22-14-31-25(27-15-28-31)18(5)17(22)4/h11-12,14-16,19H,6-10,13H2,1-5H3,(H,29,33). The summed E-state index contributed by atoms with van der Waals surface area (Å²) >= 11 is 0. The van der Waals surface area contributed by atoms with Crippen molar-refractivity contribution >= 4 is 16.7 Å². The number of aryl methyl sites for hydroxylation is 1. The predicted octanol–water partition coefficient (Wildman–Crippen LogP) is 4.83. The Morgan fingerprint density at radius 3 is 2.76 bits per heavy atom. The molecule has 33 heavy (non-hydrogen) atoms. The number of hydrogen-bond acceptors (Lipinski definition) is 4. The summed E-state index contributed by atoms with van der Waals surface area (Å²) in [6.45, 7) is 14.1. The van der Waals surface area contributed by atoms with Gasteiger partial charge in [-0.1, -0.05) is 20.8 Å². The SMILES string of the molecule is CCCN1CCCC(n2c(=O)[nH]c3cc(-c4cn5ncnc5c(C)c4C)c(C(C)C)cc32)C1. The highest BCUT2D eigenvalue weighted by Gasteiger charge is 2.25. The number of benzene rings is 1. The van der Waals surface area contributed by atoms with E-state index < -0.39 is 0 Å². The second-order valence-corrected chi connectivity index (χ2v) is 9.83. The highest BCUT2D eigenvalue weighted by Crippen LogP contribution is 2.36. The zero-order chi connectivity index (χ0) is 23.3. The Bertz CT molecular complexity index is 1370. The Kier molecular flexibility index (Phi) is 5.60. The molecule has 1 saturated heterocycles. The summed E-state index contributed by atoms with van der Waals surface area (Å²) in [5.74, 6) is 0.317. The Morgan fingerprint density at radius 2 is 2.00 bits per heavy atom. The number of aromatic nitrogens is 5. The Labute approximate surface area is 194 Å². The van der Waals surface area contributed by atoms with Crippen LogP contribution in [0.25, 0.3) is 27.8 Å². The zero-order valence-corrected chi connectivity index (χ0v) is 20.4. The maximum Gasteiger partial charge on any atom is 0.326 e. The molecule has 4 heterocycles. The number of piperidine rings is 1. The third kappa shape index (κ3) is 3.68. The molecule has 0 spiro atoms. The average Bonchev–Trinajstić information content (AvgIpc) is 3.39. The Balaban J connectivity index is 1.68. The summed E-state index contributed by atoms with van der Waals surface area (Å²) in [6.07, 6.45) is 6.99. The van der Waals surface area contributed by atoms with E-state index >= 15 is 0 Å². The lowest BCUT2D eigenvalue weighted by molar-refractivity contribution is 0.178. The van der Waals surface area contributed by atoms with Crippen LogP contribution < -0.4 is 5.69 Å². The van der Waals surface area contributed by atoms with Gasteiger partial charge in [0, 0.05) is 18.3 Å². The van der Waals surface area contributed by atoms with E-state index in [1.54, 1.807) is 6.33 Å². The van der Waals surface area contributed by atoms with Crippen molar-refractivity contribution in [3.05, 3.63) is 51.8 Å². The number of pyridine rings is 1. The van der Waals surface area contributed by atoms with Crippen molar-refractivity contribution in [2.45, 2.75) is 65.8 Å². The second-order valence-electron chi connectivity index (χ2n) is 9.83. The van der Waals surface area contributed by atoms with Crippen LogP contribution in [0.15, 0.2) is 29.5 Å². The molecule has 4 aromatic rings. The van der Waals surface area contributed by atoms with Gasteiger partial charge in [-0.25, -0.2) is 14.3 Å². The van der Waals surface area contributed by atoms with Crippen molar-refractivity contribution in [3.63, 3.8) is 0 Å². The van der Waals surface area contributed by atoms with Crippen molar-refractivity contribution in [2.24, 2.45) is 0 Å². The first-order valence-corrected chi connectivity index (χ1v) is 12.2. The van der Waals surface area contributed by atoms with Gasteiger partial charge in [-0.05, 0) is 86.5 Å². The van der Waals surface area contributed by atoms with Crippen LogP contribution in [0.3, 0.4) is 0 Å². The minimum absolute atomic E-state index is 0.000152. The lowest BCUT2D eigenvalue weighted by atomic mass is 9.89. The number of H-pyrrole nitrogens is 1. The number of aromatic amines is 1. The molecule has 0 aliphatic carbocycles. The van der Waals surface area contributed by atoms with Crippen molar-refractivity contribution in [1.29, 1.82) is 0 Å². The largest absolute Gasteiger partial charge is 0.326 e. The minimum Gasteiger partial charge on any atom is -0.306 e. The van der Waals surface area contributed by atoms with Gasteiger partial charge in [0.2, 0.25) is 0 Å². The molecule has 1 aliphatic heterocycles. The predicted molar refractivity (Wildman–Crippen MR) is 133 cm³/mol. The van der Waals surface area contributed by atoms with Gasteiger partial charge >= 0.3 is 5.69 Å². The van der Waals surface area contributed by atoms with E-state index in [4.69, 9.17) is 0 Å². The quantitative estimate of drug-likeness (QED) is 0.477. The van der Waals surface area contributed by atoms with E-state index in [0.29, 0.717) is 5.92 Å². The van der Waals surface area contributed by atoms with E-state index in [9.17, 15) is 4.79 Å². The highest BCUT2D eigenvalue weighted by atomic mass is 16.1. The van der Waals surface area contributed by atoms with Crippen molar-refractivity contribution in [3.8, 4) is 11.1 Å². The van der Waals surface area contributed by atoms with Gasteiger partial charge in [0.25, 0.3) is 0 Å². The van der Waals surface area contributed by atoms with Gasteiger partial charge in [0.15, 0.2) is 5.65 Å². The van der Waals surface area contributed by atoms with E-state index in [1.807, 2.05) is 9.08 Å². The average molecular weight is 447 g/mol. The summed E-state index contributed by atoms with van der Waals surface area (Å²) < 4.78 is 3.87. The lowest BCUT2D eigenvalue weighted by Gasteiger charge is -2.33. The highest BCUT2D eigenvalue weighted by molar-refractivity contribution is 5.86. The molecule has 0 saturated carbocycles. The zero-order valence-electron chi connectivity index (χ0n) is 20.4. The molecule has 1 aromatic carbocycles. The van der Waals surface area contributed by atoms with Crippen LogP contribution in [-0.4, -0.2) is 48.7 Å². The van der Waals surface area contributed by atoms with Gasteiger partial charge < -0.3 is 9.88 Å². The van der Waals surface area contributed by atoms with Crippen LogP contribution in [0.2, 0.25) is 0 Å². The first kappa shape index (κ1) is 21.9. The summed E-state index contributed by atoms with van der Waals surface area (Å²) in [5.41, 5.74) is 8.67. The molecular formula is C26H34N6O. The van der Waals surface area contributed by atoms with Crippen LogP contribution in [0, 0.1) is 13.8 Å². The normalized spacial score (nSPS) is 17.6. The molecule has 1 fully saturated rings. The lowest BCUT2D eigenvalue weighted by Crippen LogP contribution is -2.39. The van der Waals surface area contributed by atoms with Crippen LogP contribution in [0.1, 0.15) is 68.7 Å². The van der Waals surface area contributed by atoms with E-state index in [2.05, 4.69) is 72.9 Å². The minimum atomic E-state index is -0.000152. The van der Waals surface area contributed by atoms with E-state index in [0.717, 1.165) is 72.3 Å². The fourth-order valence-corrected chi connectivity index (χ4v) is 5.50. The number of rotatable bonds is 5. The fourth-order valence-electron chi connectivity index (χ4n) is 5.50. The molecule has 7 heteroatoms. The Hall–Kier alpha value is -2.93.